The standard InChI is InChI=1S/C25H31NO5.C24H31NO5S.C23H27NO5S.C22H27NO5S/c1-2-3-4-8-23(27)19-9-11-21(12-10-19)26-22(13-14-24(26)28)17-31-16-18-6-5-7-20(15-18)25(29)30;1-2-3-4-5-6-21(26)17-7-9-18(10-8-17)25-19(11-14-23(25)27)15-30-16-20-12-13-22(31-20)24(28)29;1-2-3-4-5-20(25)16-6-8-17(9-7-16)24-18(10-13-22(24)26)14-29-15-19-11-12-21(30-19)23(27)28;1-2-3-4-19(24)15-5-7-16(8-6-15)23-17(9-12-21(23)25)13-28-14-18-10-11-20(29-18)22(26)27/h5-7,9-12,15,22-23,27H,2-4,8,13-14,16-17H2,1H3,(H,29,30);7-10,12-13,19,21,26H,2-6,11,14-16H2,1H3,(H,28,29);6-9,11-12,18H,2-5,10,13-15H2,1H3,(H,27,28);5-8,10-11,17,19,24H,2-4,9,12-14H2,1H3,(H,26,27)/t22-,23?;19-,21?;18-;17-,19?/m1111/s1. The number of carbonyl (C=O) groups excluding carboxylic acids is 5. The molecule has 7 atom stereocenters. The molecule has 8 aromatic rings. The second-order valence-electron chi connectivity index (χ2n) is 30.8. The average molecular weight is 1720 g/mol. The van der Waals surface area contributed by atoms with Gasteiger partial charge in [-0.05, 0) is 183 Å². The van der Waals surface area contributed by atoms with Gasteiger partial charge in [0.15, 0.2) is 5.78 Å². The fraction of sp³-hybridized carbons (Fsp3) is 0.457. The highest BCUT2D eigenvalue weighted by atomic mass is 32.1. The number of carboxylic acids is 4. The highest BCUT2D eigenvalue weighted by Gasteiger charge is 2.37. The molecule has 0 aliphatic carbocycles. The van der Waals surface area contributed by atoms with E-state index in [0.717, 1.165) is 162 Å². The largest absolute Gasteiger partial charge is 0.478 e. The second-order valence-corrected chi connectivity index (χ2v) is 34.3. The van der Waals surface area contributed by atoms with Gasteiger partial charge in [0.1, 0.15) is 14.6 Å². The first-order valence-corrected chi connectivity index (χ1v) is 44.8. The molecular formula is C94H116N4O20S3. The van der Waals surface area contributed by atoms with Gasteiger partial charge < -0.3 is 74.3 Å². The van der Waals surface area contributed by atoms with E-state index >= 15 is 0 Å². The lowest BCUT2D eigenvalue weighted by atomic mass is 10.0. The zero-order valence-electron chi connectivity index (χ0n) is 69.6. The van der Waals surface area contributed by atoms with Gasteiger partial charge in [-0.1, -0.05) is 147 Å². The van der Waals surface area contributed by atoms with Crippen LogP contribution in [0.1, 0.15) is 287 Å². The Bertz CT molecular complexity index is 4620. The summed E-state index contributed by atoms with van der Waals surface area (Å²) in [5.74, 6) is -3.37. The van der Waals surface area contributed by atoms with Gasteiger partial charge in [-0.3, -0.25) is 24.0 Å². The Hall–Kier alpha value is -9.65. The molecule has 0 bridgehead atoms. The first-order valence-electron chi connectivity index (χ1n) is 42.3. The molecule has 4 aliphatic rings. The predicted octanol–water partition coefficient (Wildman–Crippen LogP) is 19.2. The van der Waals surface area contributed by atoms with E-state index in [9.17, 15) is 58.5 Å². The van der Waals surface area contributed by atoms with Crippen molar-refractivity contribution in [2.75, 3.05) is 46.0 Å². The molecular weight excluding hydrogens is 1600 g/mol. The summed E-state index contributed by atoms with van der Waals surface area (Å²) in [4.78, 5) is 117. The number of aliphatic hydroxyl groups is 3. The van der Waals surface area contributed by atoms with Crippen LogP contribution in [-0.4, -0.2) is 140 Å². The molecule has 121 heavy (non-hydrogen) atoms. The van der Waals surface area contributed by atoms with Gasteiger partial charge in [0.05, 0.1) is 101 Å². The van der Waals surface area contributed by atoms with Crippen molar-refractivity contribution < 1.29 is 97.8 Å². The molecule has 0 spiro atoms. The van der Waals surface area contributed by atoms with Gasteiger partial charge in [0.25, 0.3) is 0 Å². The highest BCUT2D eigenvalue weighted by molar-refractivity contribution is 7.14. The zero-order chi connectivity index (χ0) is 86.7. The number of hydrogen-bond donors (Lipinski definition) is 7. The number of carbonyl (C=O) groups is 9. The third kappa shape index (κ3) is 29.0. The molecule has 7 heterocycles. The number of aromatic carboxylic acids is 4. The van der Waals surface area contributed by atoms with Crippen molar-refractivity contribution in [3.8, 4) is 0 Å². The quantitative estimate of drug-likeness (QED) is 0.0138. The van der Waals surface area contributed by atoms with Gasteiger partial charge in [-0.2, -0.15) is 0 Å². The van der Waals surface area contributed by atoms with Crippen molar-refractivity contribution >= 4 is 110 Å². The van der Waals surface area contributed by atoms with Crippen LogP contribution < -0.4 is 19.6 Å². The van der Waals surface area contributed by atoms with Crippen LogP contribution >= 0.6 is 34.0 Å². The number of rotatable bonds is 44. The van der Waals surface area contributed by atoms with Crippen molar-refractivity contribution in [2.24, 2.45) is 0 Å². The van der Waals surface area contributed by atoms with Crippen LogP contribution in [-0.2, 0) is 64.6 Å². The molecule has 0 radical (unpaired) electrons. The minimum absolute atomic E-state index is 0.0442. The van der Waals surface area contributed by atoms with Crippen molar-refractivity contribution in [3.63, 3.8) is 0 Å². The van der Waals surface area contributed by atoms with Crippen molar-refractivity contribution in [1.29, 1.82) is 0 Å². The summed E-state index contributed by atoms with van der Waals surface area (Å²) in [5, 5.41) is 67.1. The number of aliphatic hydroxyl groups excluding tert-OH is 3. The minimum Gasteiger partial charge on any atom is -0.478 e. The van der Waals surface area contributed by atoms with Gasteiger partial charge in [-0.25, -0.2) is 19.2 Å². The van der Waals surface area contributed by atoms with Crippen LogP contribution in [0.3, 0.4) is 0 Å². The third-order valence-electron chi connectivity index (χ3n) is 21.7. The Morgan fingerprint density at radius 3 is 1.00 bits per heavy atom. The molecule has 3 unspecified atom stereocenters. The first kappa shape index (κ1) is 95.2. The lowest BCUT2D eigenvalue weighted by molar-refractivity contribution is -0.118. The fourth-order valence-corrected chi connectivity index (χ4v) is 17.4. The van der Waals surface area contributed by atoms with Crippen LogP contribution in [0.25, 0.3) is 0 Å². The van der Waals surface area contributed by atoms with E-state index in [2.05, 4.69) is 27.7 Å². The van der Waals surface area contributed by atoms with Crippen LogP contribution in [0, 0.1) is 0 Å². The summed E-state index contributed by atoms with van der Waals surface area (Å²) < 4.78 is 23.2. The maximum absolute atomic E-state index is 12.5. The van der Waals surface area contributed by atoms with Crippen molar-refractivity contribution in [3.05, 3.63) is 220 Å². The lowest BCUT2D eigenvalue weighted by Gasteiger charge is -2.25. The van der Waals surface area contributed by atoms with E-state index in [-0.39, 0.29) is 64.0 Å². The molecule has 4 aliphatic heterocycles. The number of amides is 4. The summed E-state index contributed by atoms with van der Waals surface area (Å²) in [7, 11) is 0. The van der Waals surface area contributed by atoms with E-state index in [1.807, 2.05) is 91.0 Å². The molecule has 3 aromatic heterocycles. The Kier molecular flexibility index (Phi) is 38.9. The summed E-state index contributed by atoms with van der Waals surface area (Å²) in [5.41, 5.74) is 7.56. The number of unbranched alkanes of at least 4 members (excludes halogenated alkanes) is 8. The second kappa shape index (κ2) is 49.5. The van der Waals surface area contributed by atoms with Crippen LogP contribution in [0.4, 0.5) is 22.7 Å². The number of ether oxygens (including phenoxy) is 4. The summed E-state index contributed by atoms with van der Waals surface area (Å²) in [6.45, 7) is 11.4. The highest BCUT2D eigenvalue weighted by Crippen LogP contribution is 2.35. The topological polar surface area (TPSA) is 345 Å². The molecule has 0 saturated carbocycles. The van der Waals surface area contributed by atoms with Crippen LogP contribution in [0.2, 0.25) is 0 Å². The normalized spacial score (nSPS) is 17.1. The molecule has 5 aromatic carbocycles. The molecule has 7 N–H and O–H groups in total. The molecule has 24 nitrogen and oxygen atoms in total. The summed E-state index contributed by atoms with van der Waals surface area (Å²) in [6, 6.07) is 46.5. The molecule has 27 heteroatoms. The number of benzene rings is 5. The Balaban J connectivity index is 0.000000183. The van der Waals surface area contributed by atoms with Gasteiger partial charge >= 0.3 is 23.9 Å². The maximum Gasteiger partial charge on any atom is 0.345 e. The number of hydrogen-bond acceptors (Lipinski definition) is 19. The van der Waals surface area contributed by atoms with Crippen molar-refractivity contribution in [2.45, 2.75) is 251 Å². The zero-order valence-corrected chi connectivity index (χ0v) is 72.1. The lowest BCUT2D eigenvalue weighted by Crippen LogP contribution is -2.36. The third-order valence-corrected chi connectivity index (χ3v) is 24.9. The number of anilines is 4. The van der Waals surface area contributed by atoms with E-state index in [1.54, 1.807) is 86.3 Å². The Morgan fingerprint density at radius 2 is 0.669 bits per heavy atom. The number of thiophene rings is 3. The first-order chi connectivity index (χ1) is 58.5. The van der Waals surface area contributed by atoms with Crippen molar-refractivity contribution in [1.82, 2.24) is 0 Å². The van der Waals surface area contributed by atoms with E-state index in [4.69, 9.17) is 39.4 Å². The van der Waals surface area contributed by atoms with Crippen LogP contribution in [0.5, 0.6) is 0 Å². The van der Waals surface area contributed by atoms with E-state index in [0.29, 0.717) is 107 Å². The molecule has 4 saturated heterocycles. The van der Waals surface area contributed by atoms with Gasteiger partial charge in [0, 0.05) is 75.0 Å². The van der Waals surface area contributed by atoms with Gasteiger partial charge in [0.2, 0.25) is 23.6 Å². The monoisotopic (exact) mass is 1720 g/mol. The SMILES string of the molecule is CCCCC(O)c1ccc(N2C(=O)CC[C@@H]2COCc2ccc(C(=O)O)s2)cc1.CCCCCC(=O)c1ccc(N2C(=O)CC[C@@H]2COCc2ccc(C(=O)O)s2)cc1.CCCCCC(O)c1ccc(N2C(=O)CC[C@@H]2COCc2cccc(C(=O)O)c2)cc1.CCCCCCC(O)c1ccc(N2C(=O)CC[C@@H]2COCc2ccc(C(=O)O)s2)cc1. The number of carboxylic acid groups (broad SMARTS) is 4. The molecule has 4 amide bonds. The number of ketones is 1. The van der Waals surface area contributed by atoms with E-state index in [1.165, 1.54) is 46.9 Å². The Labute approximate surface area is 720 Å². The summed E-state index contributed by atoms with van der Waals surface area (Å²) >= 11 is 3.60. The van der Waals surface area contributed by atoms with E-state index < -0.39 is 42.2 Å². The molecule has 12 rings (SSSR count). The van der Waals surface area contributed by atoms with Gasteiger partial charge in [-0.15, -0.1) is 34.0 Å². The molecule has 650 valence electrons. The number of nitrogens with zero attached hydrogens (tertiary/aromatic N) is 4. The smallest absolute Gasteiger partial charge is 0.345 e. The minimum atomic E-state index is -0.964. The average Bonchev–Trinajstić information content (AvgIpc) is 1.69. The fourth-order valence-electron chi connectivity index (χ4n) is 15.0. The maximum atomic E-state index is 12.5. The Morgan fingerprint density at radius 1 is 0.355 bits per heavy atom. The number of Topliss-reactive ketones (excluding diaryl/α,β-unsaturated/α-hetero) is 1. The predicted molar refractivity (Wildman–Crippen MR) is 469 cm³/mol. The van der Waals surface area contributed by atoms with Crippen LogP contribution in [0.15, 0.2) is 158 Å². The summed E-state index contributed by atoms with van der Waals surface area (Å²) in [6.07, 6.45) is 19.0. The molecule has 4 fully saturated rings.